The molecule has 0 saturated carbocycles. The minimum atomic E-state index is -4.37. The molecule has 0 unspecified atom stereocenters. The second-order valence-electron chi connectivity index (χ2n) is 5.01. The number of anilines is 1. The Morgan fingerprint density at radius 3 is 2.43 bits per heavy atom. The highest BCUT2D eigenvalue weighted by atomic mass is 19.4. The maximum absolute atomic E-state index is 12.7. The van der Waals surface area contributed by atoms with E-state index >= 15 is 0 Å². The number of benzene rings is 2. The zero-order chi connectivity index (χ0) is 15.6. The lowest BCUT2D eigenvalue weighted by molar-refractivity contribution is -0.137. The molecular formula is C16H16F3NO. The van der Waals surface area contributed by atoms with E-state index in [1.165, 1.54) is 6.07 Å². The highest BCUT2D eigenvalue weighted by molar-refractivity contribution is 5.54. The largest absolute Gasteiger partial charge is 0.508 e. The molecule has 0 fully saturated rings. The number of aromatic hydroxyl groups is 1. The fourth-order valence-corrected chi connectivity index (χ4v) is 2.04. The van der Waals surface area contributed by atoms with Crippen LogP contribution in [0.3, 0.4) is 0 Å². The SMILES string of the molecule is Cc1ccc(O)c(CNc2cc(C(F)(F)F)ccc2C)c1. The van der Waals surface area contributed by atoms with Crippen LogP contribution in [0.4, 0.5) is 18.9 Å². The molecule has 0 aromatic heterocycles. The van der Waals surface area contributed by atoms with Crippen LogP contribution in [0.1, 0.15) is 22.3 Å². The third-order valence-corrected chi connectivity index (χ3v) is 3.27. The molecule has 0 aliphatic heterocycles. The summed E-state index contributed by atoms with van der Waals surface area (Å²) in [7, 11) is 0. The smallest absolute Gasteiger partial charge is 0.416 e. The normalized spacial score (nSPS) is 11.5. The number of phenols is 1. The van der Waals surface area contributed by atoms with Gasteiger partial charge >= 0.3 is 6.18 Å². The first kappa shape index (κ1) is 15.2. The Kier molecular flexibility index (Phi) is 4.11. The lowest BCUT2D eigenvalue weighted by Crippen LogP contribution is -2.07. The van der Waals surface area contributed by atoms with E-state index in [1.807, 2.05) is 6.92 Å². The topological polar surface area (TPSA) is 32.3 Å². The summed E-state index contributed by atoms with van der Waals surface area (Å²) >= 11 is 0. The molecule has 0 spiro atoms. The second-order valence-corrected chi connectivity index (χ2v) is 5.01. The van der Waals surface area contributed by atoms with Crippen LogP contribution in [0, 0.1) is 13.8 Å². The molecule has 0 bridgehead atoms. The summed E-state index contributed by atoms with van der Waals surface area (Å²) in [6.45, 7) is 3.88. The Bertz CT molecular complexity index is 650. The molecular weight excluding hydrogens is 279 g/mol. The van der Waals surface area contributed by atoms with Gasteiger partial charge in [-0.05, 0) is 37.6 Å². The van der Waals surface area contributed by atoms with E-state index in [4.69, 9.17) is 0 Å². The monoisotopic (exact) mass is 295 g/mol. The van der Waals surface area contributed by atoms with E-state index in [2.05, 4.69) is 5.32 Å². The Morgan fingerprint density at radius 1 is 1.05 bits per heavy atom. The molecule has 0 amide bonds. The first-order chi connectivity index (χ1) is 9.77. The average Bonchev–Trinajstić information content (AvgIpc) is 2.40. The summed E-state index contributed by atoms with van der Waals surface area (Å²) in [5.74, 6) is 0.123. The number of rotatable bonds is 3. The van der Waals surface area contributed by atoms with Crippen LogP contribution in [0.2, 0.25) is 0 Å². The third kappa shape index (κ3) is 3.68. The predicted molar refractivity (Wildman–Crippen MR) is 76.4 cm³/mol. The van der Waals surface area contributed by atoms with Gasteiger partial charge in [-0.25, -0.2) is 0 Å². The molecule has 0 radical (unpaired) electrons. The van der Waals surface area contributed by atoms with Crippen molar-refractivity contribution in [3.05, 3.63) is 58.7 Å². The number of aryl methyl sites for hydroxylation is 2. The summed E-state index contributed by atoms with van der Waals surface area (Å²) in [6, 6.07) is 8.72. The molecule has 2 nitrogen and oxygen atoms in total. The molecule has 0 atom stereocenters. The molecule has 0 aliphatic carbocycles. The van der Waals surface area contributed by atoms with Crippen LogP contribution in [-0.2, 0) is 12.7 Å². The minimum Gasteiger partial charge on any atom is -0.508 e. The number of alkyl halides is 3. The fourth-order valence-electron chi connectivity index (χ4n) is 2.04. The van der Waals surface area contributed by atoms with Crippen molar-refractivity contribution >= 4 is 5.69 Å². The standard InChI is InChI=1S/C16H16F3NO/c1-10-3-6-15(21)12(7-10)9-20-14-8-13(16(17,18)19)5-4-11(14)2/h3-8,20-21H,9H2,1-2H3. The molecule has 2 aromatic rings. The zero-order valence-electron chi connectivity index (χ0n) is 11.8. The lowest BCUT2D eigenvalue weighted by Gasteiger charge is -2.14. The predicted octanol–water partition coefficient (Wildman–Crippen LogP) is 4.64. The molecule has 0 aliphatic rings. The van der Waals surface area contributed by atoms with Crippen LogP contribution in [0.5, 0.6) is 5.75 Å². The van der Waals surface area contributed by atoms with Crippen LogP contribution in [-0.4, -0.2) is 5.11 Å². The number of hydrogen-bond acceptors (Lipinski definition) is 2. The Morgan fingerprint density at radius 2 is 1.76 bits per heavy atom. The van der Waals surface area contributed by atoms with Crippen LogP contribution in [0.15, 0.2) is 36.4 Å². The van der Waals surface area contributed by atoms with Crippen molar-refractivity contribution in [2.24, 2.45) is 0 Å². The van der Waals surface area contributed by atoms with Gasteiger partial charge in [-0.2, -0.15) is 13.2 Å². The molecule has 112 valence electrons. The van der Waals surface area contributed by atoms with E-state index in [9.17, 15) is 18.3 Å². The van der Waals surface area contributed by atoms with Gasteiger partial charge in [-0.15, -0.1) is 0 Å². The van der Waals surface area contributed by atoms with Gasteiger partial charge in [0.25, 0.3) is 0 Å². The van der Waals surface area contributed by atoms with Gasteiger partial charge in [-0.1, -0.05) is 23.8 Å². The van der Waals surface area contributed by atoms with Crippen LogP contribution in [0.25, 0.3) is 0 Å². The molecule has 0 saturated heterocycles. The summed E-state index contributed by atoms with van der Waals surface area (Å²) in [5, 5.41) is 12.7. The first-order valence-electron chi connectivity index (χ1n) is 6.47. The lowest BCUT2D eigenvalue weighted by atomic mass is 10.1. The summed E-state index contributed by atoms with van der Waals surface area (Å²) in [6.07, 6.45) is -4.37. The number of nitrogens with one attached hydrogen (secondary N) is 1. The van der Waals surface area contributed by atoms with Crippen molar-refractivity contribution in [2.75, 3.05) is 5.32 Å². The number of phenolic OH excluding ortho intramolecular Hbond substituents is 1. The van der Waals surface area contributed by atoms with E-state index < -0.39 is 11.7 Å². The van der Waals surface area contributed by atoms with Crippen LogP contribution < -0.4 is 5.32 Å². The minimum absolute atomic E-state index is 0.123. The third-order valence-electron chi connectivity index (χ3n) is 3.27. The quantitative estimate of drug-likeness (QED) is 0.864. The summed E-state index contributed by atoms with van der Waals surface area (Å²) in [5.41, 5.74) is 2.06. The Balaban J connectivity index is 2.22. The van der Waals surface area contributed by atoms with Gasteiger partial charge in [0.15, 0.2) is 0 Å². The van der Waals surface area contributed by atoms with E-state index in [-0.39, 0.29) is 12.3 Å². The van der Waals surface area contributed by atoms with Crippen LogP contribution >= 0.6 is 0 Å². The van der Waals surface area contributed by atoms with Gasteiger partial charge in [0.05, 0.1) is 5.56 Å². The summed E-state index contributed by atoms with van der Waals surface area (Å²) < 4.78 is 38.1. The average molecular weight is 295 g/mol. The summed E-state index contributed by atoms with van der Waals surface area (Å²) in [4.78, 5) is 0. The van der Waals surface area contributed by atoms with E-state index in [0.717, 1.165) is 23.3 Å². The first-order valence-corrected chi connectivity index (χ1v) is 6.47. The van der Waals surface area contributed by atoms with Crippen molar-refractivity contribution in [1.29, 1.82) is 0 Å². The van der Waals surface area contributed by atoms with Crippen molar-refractivity contribution in [3.8, 4) is 5.75 Å². The zero-order valence-corrected chi connectivity index (χ0v) is 11.8. The van der Waals surface area contributed by atoms with Crippen molar-refractivity contribution in [1.82, 2.24) is 0 Å². The van der Waals surface area contributed by atoms with E-state index in [0.29, 0.717) is 11.3 Å². The number of halogens is 3. The van der Waals surface area contributed by atoms with Gasteiger partial charge in [-0.3, -0.25) is 0 Å². The Labute approximate surface area is 121 Å². The maximum Gasteiger partial charge on any atom is 0.416 e. The van der Waals surface area contributed by atoms with Gasteiger partial charge in [0, 0.05) is 17.8 Å². The molecule has 2 rings (SSSR count). The molecule has 2 aromatic carbocycles. The molecule has 2 N–H and O–H groups in total. The van der Waals surface area contributed by atoms with E-state index in [1.54, 1.807) is 25.1 Å². The van der Waals surface area contributed by atoms with Crippen molar-refractivity contribution in [3.63, 3.8) is 0 Å². The highest BCUT2D eigenvalue weighted by Gasteiger charge is 2.30. The highest BCUT2D eigenvalue weighted by Crippen LogP contribution is 2.32. The second kappa shape index (κ2) is 5.68. The van der Waals surface area contributed by atoms with Crippen molar-refractivity contribution < 1.29 is 18.3 Å². The van der Waals surface area contributed by atoms with Gasteiger partial charge in [0.1, 0.15) is 5.75 Å². The van der Waals surface area contributed by atoms with Gasteiger partial charge in [0.2, 0.25) is 0 Å². The number of hydrogen-bond donors (Lipinski definition) is 2. The Hall–Kier alpha value is -2.17. The van der Waals surface area contributed by atoms with Crippen molar-refractivity contribution in [2.45, 2.75) is 26.6 Å². The molecule has 0 heterocycles. The molecule has 21 heavy (non-hydrogen) atoms. The fraction of sp³-hybridized carbons (Fsp3) is 0.250. The van der Waals surface area contributed by atoms with Gasteiger partial charge < -0.3 is 10.4 Å². The maximum atomic E-state index is 12.7. The molecule has 5 heteroatoms.